The minimum absolute atomic E-state index is 0.738. The molecule has 0 radical (unpaired) electrons. The lowest BCUT2D eigenvalue weighted by molar-refractivity contribution is -0.921. The van der Waals surface area contributed by atoms with Gasteiger partial charge in [-0.05, 0) is 26.7 Å². The van der Waals surface area contributed by atoms with Crippen molar-refractivity contribution < 1.29 is 4.48 Å². The van der Waals surface area contributed by atoms with Crippen molar-refractivity contribution >= 4 is 0 Å². The molecule has 0 aliphatic carbocycles. The minimum Gasteiger partial charge on any atom is -0.310 e. The van der Waals surface area contributed by atoms with Crippen molar-refractivity contribution in [3.05, 3.63) is 0 Å². The fourth-order valence-electron chi connectivity index (χ4n) is 2.58. The van der Waals surface area contributed by atoms with Crippen LogP contribution in [0.2, 0.25) is 0 Å². The van der Waals surface area contributed by atoms with Crippen LogP contribution in [-0.2, 0) is 0 Å². The molecule has 0 aromatic heterocycles. The van der Waals surface area contributed by atoms with Gasteiger partial charge >= 0.3 is 0 Å². The van der Waals surface area contributed by atoms with Crippen molar-refractivity contribution in [3.63, 3.8) is 0 Å². The van der Waals surface area contributed by atoms with Gasteiger partial charge in [-0.1, -0.05) is 13.8 Å². The molecule has 14 heavy (non-hydrogen) atoms. The van der Waals surface area contributed by atoms with E-state index in [2.05, 4.69) is 46.6 Å². The molecule has 0 N–H and O–H groups in total. The molecule has 0 aromatic carbocycles. The van der Waals surface area contributed by atoms with E-state index in [9.17, 15) is 0 Å². The molecule has 1 aliphatic rings. The summed E-state index contributed by atoms with van der Waals surface area (Å²) in [5.74, 6) is 0.785. The number of nitrogens with zero attached hydrogens (tertiary/aromatic N) is 2. The largest absolute Gasteiger partial charge is 0.310 e. The van der Waals surface area contributed by atoms with Gasteiger partial charge in [0, 0.05) is 6.54 Å². The number of quaternary nitrogens is 1. The summed E-state index contributed by atoms with van der Waals surface area (Å²) in [6.07, 6.45) is 0. The molecule has 1 fully saturated rings. The van der Waals surface area contributed by atoms with Gasteiger partial charge in [0.15, 0.2) is 0 Å². The molecular formula is C12H27N2+. The lowest BCUT2D eigenvalue weighted by Crippen LogP contribution is -2.48. The maximum atomic E-state index is 2.65. The molecule has 0 spiro atoms. The number of likely N-dealkylation sites (N-methyl/N-ethyl adjacent to an activating group) is 1. The Hall–Kier alpha value is -0.0800. The lowest BCUT2D eigenvalue weighted by Gasteiger charge is -2.32. The van der Waals surface area contributed by atoms with E-state index in [1.165, 1.54) is 24.2 Å². The van der Waals surface area contributed by atoms with Gasteiger partial charge in [-0.2, -0.15) is 0 Å². The molecule has 3 atom stereocenters. The van der Waals surface area contributed by atoms with Crippen LogP contribution in [-0.4, -0.2) is 48.3 Å². The number of hydrogen-bond acceptors (Lipinski definition) is 1. The lowest BCUT2D eigenvalue weighted by atomic mass is 10.1. The Morgan fingerprint density at radius 3 is 2.29 bits per heavy atom. The molecule has 0 aromatic rings. The molecule has 0 bridgehead atoms. The Morgan fingerprint density at radius 2 is 1.93 bits per heavy atom. The van der Waals surface area contributed by atoms with Gasteiger partial charge in [0.25, 0.3) is 0 Å². The van der Waals surface area contributed by atoms with Crippen LogP contribution >= 0.6 is 0 Å². The summed E-state index contributed by atoms with van der Waals surface area (Å²) in [6.45, 7) is 15.4. The van der Waals surface area contributed by atoms with Gasteiger partial charge in [-0.3, -0.25) is 0 Å². The van der Waals surface area contributed by atoms with Crippen LogP contribution in [0.3, 0.4) is 0 Å². The Balaban J connectivity index is 2.67. The van der Waals surface area contributed by atoms with Crippen LogP contribution in [0.1, 0.15) is 34.6 Å². The topological polar surface area (TPSA) is 3.24 Å². The Labute approximate surface area is 89.5 Å². The van der Waals surface area contributed by atoms with E-state index in [-0.39, 0.29) is 0 Å². The maximum Gasteiger partial charge on any atom is 0.135 e. The maximum absolute atomic E-state index is 2.65. The van der Waals surface area contributed by atoms with Crippen molar-refractivity contribution in [1.29, 1.82) is 0 Å². The molecule has 84 valence electrons. The van der Waals surface area contributed by atoms with Crippen molar-refractivity contribution in [3.8, 4) is 0 Å². The highest BCUT2D eigenvalue weighted by Gasteiger charge is 2.43. The van der Waals surface area contributed by atoms with Crippen LogP contribution in [0, 0.1) is 5.92 Å². The van der Waals surface area contributed by atoms with E-state index in [0.29, 0.717) is 0 Å². The van der Waals surface area contributed by atoms with Crippen LogP contribution < -0.4 is 0 Å². The van der Waals surface area contributed by atoms with Gasteiger partial charge < -0.3 is 4.48 Å². The van der Waals surface area contributed by atoms with Crippen molar-refractivity contribution in [2.45, 2.75) is 46.7 Å². The third-order valence-corrected chi connectivity index (χ3v) is 4.08. The predicted molar refractivity (Wildman–Crippen MR) is 62.1 cm³/mol. The standard InChI is InChI=1S/C12H27N2/c1-7-14(6)9-13(8-10(2)3)11(4)12(14)5/h10-12H,7-9H2,1-6H3/q+1/t11?,12?,14-/m0/s1. The first-order valence-electron chi connectivity index (χ1n) is 5.99. The monoisotopic (exact) mass is 199 g/mol. The summed E-state index contributed by atoms with van der Waals surface area (Å²) < 4.78 is 1.22. The average molecular weight is 199 g/mol. The molecule has 1 heterocycles. The summed E-state index contributed by atoms with van der Waals surface area (Å²) in [6, 6.07) is 1.51. The second-order valence-corrected chi connectivity index (χ2v) is 5.58. The first-order valence-corrected chi connectivity index (χ1v) is 5.99. The van der Waals surface area contributed by atoms with Crippen LogP contribution in [0.25, 0.3) is 0 Å². The fourth-order valence-corrected chi connectivity index (χ4v) is 2.58. The Bertz CT molecular complexity index is 191. The van der Waals surface area contributed by atoms with E-state index in [0.717, 1.165) is 18.0 Å². The van der Waals surface area contributed by atoms with Gasteiger partial charge in [0.05, 0.1) is 19.6 Å². The summed E-state index contributed by atoms with van der Waals surface area (Å²) in [7, 11) is 2.39. The smallest absolute Gasteiger partial charge is 0.135 e. The second kappa shape index (κ2) is 4.19. The molecule has 1 rings (SSSR count). The molecule has 0 saturated carbocycles. The quantitative estimate of drug-likeness (QED) is 0.630. The van der Waals surface area contributed by atoms with Crippen molar-refractivity contribution in [2.24, 2.45) is 5.92 Å². The highest BCUT2D eigenvalue weighted by molar-refractivity contribution is 4.78. The SMILES string of the molecule is CC[N@@+]1(C)CN(CC(C)C)C(C)C1C. The predicted octanol–water partition coefficient (Wildman–Crippen LogP) is 2.16. The molecule has 0 amide bonds. The van der Waals surface area contributed by atoms with E-state index in [1.807, 2.05) is 0 Å². The normalized spacial score (nSPS) is 39.6. The molecular weight excluding hydrogens is 172 g/mol. The van der Waals surface area contributed by atoms with Crippen molar-refractivity contribution in [1.82, 2.24) is 4.90 Å². The van der Waals surface area contributed by atoms with Gasteiger partial charge in [-0.15, -0.1) is 0 Å². The summed E-state index contributed by atoms with van der Waals surface area (Å²) >= 11 is 0. The van der Waals surface area contributed by atoms with Gasteiger partial charge in [0.1, 0.15) is 12.7 Å². The van der Waals surface area contributed by atoms with Gasteiger partial charge in [0.2, 0.25) is 0 Å². The molecule has 1 saturated heterocycles. The fraction of sp³-hybridized carbons (Fsp3) is 1.00. The molecule has 2 nitrogen and oxygen atoms in total. The zero-order valence-corrected chi connectivity index (χ0v) is 10.7. The molecule has 2 unspecified atom stereocenters. The zero-order valence-electron chi connectivity index (χ0n) is 10.7. The first-order chi connectivity index (χ1) is 6.40. The molecule has 2 heteroatoms. The first kappa shape index (κ1) is 12.0. The minimum atomic E-state index is 0.738. The Morgan fingerprint density at radius 1 is 1.36 bits per heavy atom. The summed E-state index contributed by atoms with van der Waals surface area (Å²) in [4.78, 5) is 2.65. The third kappa shape index (κ3) is 2.12. The second-order valence-electron chi connectivity index (χ2n) is 5.58. The Kier molecular flexibility index (Phi) is 3.59. The van der Waals surface area contributed by atoms with E-state index in [1.54, 1.807) is 0 Å². The van der Waals surface area contributed by atoms with E-state index in [4.69, 9.17) is 0 Å². The highest BCUT2D eigenvalue weighted by Crippen LogP contribution is 2.27. The van der Waals surface area contributed by atoms with E-state index >= 15 is 0 Å². The van der Waals surface area contributed by atoms with Gasteiger partial charge in [-0.25, -0.2) is 4.90 Å². The zero-order chi connectivity index (χ0) is 10.9. The van der Waals surface area contributed by atoms with E-state index < -0.39 is 0 Å². The van der Waals surface area contributed by atoms with Crippen LogP contribution in [0.4, 0.5) is 0 Å². The summed E-state index contributed by atoms with van der Waals surface area (Å²) in [5.41, 5.74) is 0. The highest BCUT2D eigenvalue weighted by atomic mass is 15.5. The number of rotatable bonds is 3. The average Bonchev–Trinajstić information content (AvgIpc) is 2.31. The number of hydrogen-bond donors (Lipinski definition) is 0. The summed E-state index contributed by atoms with van der Waals surface area (Å²) in [5, 5.41) is 0. The third-order valence-electron chi connectivity index (χ3n) is 4.08. The molecule has 1 aliphatic heterocycles. The van der Waals surface area contributed by atoms with Crippen LogP contribution in [0.5, 0.6) is 0 Å². The van der Waals surface area contributed by atoms with Crippen LogP contribution in [0.15, 0.2) is 0 Å². The van der Waals surface area contributed by atoms with Crippen molar-refractivity contribution in [2.75, 3.05) is 26.8 Å².